The third-order valence-electron chi connectivity index (χ3n) is 1.27. The topological polar surface area (TPSA) is 121 Å². The molecule has 8 heteroatoms. The molecule has 0 aliphatic rings. The van der Waals surface area contributed by atoms with Crippen LogP contribution < -0.4 is 22.5 Å². The third kappa shape index (κ3) is 11.0. The Morgan fingerprint density at radius 1 is 1.07 bits per heavy atom. The predicted molar refractivity (Wildman–Crippen MR) is 52.5 cm³/mol. The molecule has 0 spiro atoms. The minimum Gasteiger partial charge on any atom is -0.446 e. The maximum Gasteiger partial charge on any atom is 0.422 e. The maximum atomic E-state index is 10.6. The van der Waals surface area contributed by atoms with Crippen molar-refractivity contribution < 1.29 is 19.0 Å². The summed E-state index contributed by atoms with van der Waals surface area (Å²) in [7, 11) is 0. The predicted octanol–water partition coefficient (Wildman–Crippen LogP) is -1.92. The van der Waals surface area contributed by atoms with Gasteiger partial charge in [-0.1, -0.05) is 0 Å². The Bertz CT molecular complexity index is 158. The van der Waals surface area contributed by atoms with E-state index in [-0.39, 0.29) is 6.61 Å². The molecular formula is C7H18N4O4. The van der Waals surface area contributed by atoms with Crippen LogP contribution in [0.15, 0.2) is 0 Å². The van der Waals surface area contributed by atoms with E-state index in [2.05, 4.69) is 4.74 Å². The van der Waals surface area contributed by atoms with E-state index in [1.807, 2.05) is 11.0 Å². The highest BCUT2D eigenvalue weighted by atomic mass is 16.6. The fourth-order valence-corrected chi connectivity index (χ4v) is 0.694. The Morgan fingerprint density at radius 3 is 2.27 bits per heavy atom. The zero-order chi connectivity index (χ0) is 11.4. The smallest absolute Gasteiger partial charge is 0.422 e. The number of nitrogens with one attached hydrogen (secondary N) is 2. The molecule has 90 valence electrons. The van der Waals surface area contributed by atoms with Gasteiger partial charge < -0.3 is 19.9 Å². The number of hydrazine groups is 2. The second-order valence-corrected chi connectivity index (χ2v) is 2.42. The highest BCUT2D eigenvalue weighted by Crippen LogP contribution is 1.81. The van der Waals surface area contributed by atoms with Gasteiger partial charge in [0.25, 0.3) is 0 Å². The molecule has 0 fully saturated rings. The third-order valence-corrected chi connectivity index (χ3v) is 1.27. The largest absolute Gasteiger partial charge is 0.446 e. The summed E-state index contributed by atoms with van der Waals surface area (Å²) in [6.07, 6.45) is -0.652. The zero-order valence-corrected chi connectivity index (χ0v) is 8.53. The van der Waals surface area contributed by atoms with Gasteiger partial charge in [-0.15, -0.1) is 0 Å². The molecule has 0 unspecified atom stereocenters. The minimum atomic E-state index is -0.652. The fourth-order valence-electron chi connectivity index (χ4n) is 0.694. The summed E-state index contributed by atoms with van der Waals surface area (Å²) in [4.78, 5) is 10.6. The van der Waals surface area contributed by atoms with Crippen LogP contribution in [0.5, 0.6) is 0 Å². The van der Waals surface area contributed by atoms with Gasteiger partial charge in [0.2, 0.25) is 0 Å². The normalized spacial score (nSPS) is 10.0. The summed E-state index contributed by atoms with van der Waals surface area (Å²) in [5.74, 6) is 4.81. The molecule has 15 heavy (non-hydrogen) atoms. The number of amides is 1. The summed E-state index contributed by atoms with van der Waals surface area (Å²) in [6, 6.07) is 0. The average molecular weight is 222 g/mol. The molecule has 0 saturated heterocycles. The minimum absolute atomic E-state index is 0.157. The molecule has 0 heterocycles. The van der Waals surface area contributed by atoms with E-state index in [0.29, 0.717) is 33.0 Å². The number of carbonyl (C=O) groups is 1. The molecule has 0 aromatic carbocycles. The monoisotopic (exact) mass is 222 g/mol. The van der Waals surface area contributed by atoms with Gasteiger partial charge in [-0.05, 0) is 0 Å². The lowest BCUT2D eigenvalue weighted by molar-refractivity contribution is 0.0295. The van der Waals surface area contributed by atoms with Crippen LogP contribution in [-0.4, -0.2) is 45.7 Å². The van der Waals surface area contributed by atoms with E-state index in [1.54, 1.807) is 0 Å². The fraction of sp³-hybridized carbons (Fsp3) is 0.857. The van der Waals surface area contributed by atoms with E-state index < -0.39 is 6.09 Å². The number of hydrogen-bond donors (Lipinski definition) is 4. The molecule has 0 aromatic heterocycles. The van der Waals surface area contributed by atoms with E-state index in [0.717, 1.165) is 0 Å². The first-order valence-corrected chi connectivity index (χ1v) is 4.55. The molecule has 0 rings (SSSR count). The first-order valence-electron chi connectivity index (χ1n) is 4.55. The molecule has 0 saturated carbocycles. The Kier molecular flexibility index (Phi) is 10.5. The summed E-state index contributed by atoms with van der Waals surface area (Å²) in [5.41, 5.74) is 9.19. The van der Waals surface area contributed by atoms with Crippen LogP contribution in [0.4, 0.5) is 4.79 Å². The lowest BCUT2D eigenvalue weighted by Gasteiger charge is -2.06. The van der Waals surface area contributed by atoms with Gasteiger partial charge in [0.05, 0.1) is 26.4 Å². The van der Waals surface area contributed by atoms with E-state index >= 15 is 0 Å². The molecule has 0 atom stereocenters. The van der Waals surface area contributed by atoms with Crippen LogP contribution >= 0.6 is 0 Å². The highest BCUT2D eigenvalue weighted by molar-refractivity contribution is 5.66. The maximum absolute atomic E-state index is 10.6. The van der Waals surface area contributed by atoms with Crippen molar-refractivity contribution in [2.45, 2.75) is 0 Å². The van der Waals surface area contributed by atoms with E-state index in [1.165, 1.54) is 0 Å². The van der Waals surface area contributed by atoms with Gasteiger partial charge in [0.15, 0.2) is 0 Å². The Morgan fingerprint density at radius 2 is 1.67 bits per heavy atom. The zero-order valence-electron chi connectivity index (χ0n) is 8.53. The SMILES string of the molecule is NCCOCCOCCOC(=O)NNN. The summed E-state index contributed by atoms with van der Waals surface area (Å²) < 4.78 is 14.8. The summed E-state index contributed by atoms with van der Waals surface area (Å²) >= 11 is 0. The van der Waals surface area contributed by atoms with Crippen molar-refractivity contribution in [3.63, 3.8) is 0 Å². The van der Waals surface area contributed by atoms with Crippen molar-refractivity contribution in [3.8, 4) is 0 Å². The molecule has 0 aromatic rings. The average Bonchev–Trinajstić information content (AvgIpc) is 2.22. The quantitative estimate of drug-likeness (QED) is 0.204. The van der Waals surface area contributed by atoms with Gasteiger partial charge in [0, 0.05) is 6.54 Å². The Labute approximate surface area is 88.2 Å². The molecule has 0 bridgehead atoms. The highest BCUT2D eigenvalue weighted by Gasteiger charge is 1.98. The van der Waals surface area contributed by atoms with E-state index in [9.17, 15) is 4.79 Å². The van der Waals surface area contributed by atoms with Gasteiger partial charge in [-0.25, -0.2) is 10.2 Å². The number of hydrogen-bond acceptors (Lipinski definition) is 7. The van der Waals surface area contributed by atoms with Crippen molar-refractivity contribution in [1.82, 2.24) is 11.0 Å². The van der Waals surface area contributed by atoms with Crippen LogP contribution in [0.1, 0.15) is 0 Å². The molecule has 6 N–H and O–H groups in total. The molecular weight excluding hydrogens is 204 g/mol. The molecule has 0 aliphatic carbocycles. The van der Waals surface area contributed by atoms with Crippen LogP contribution in [0.2, 0.25) is 0 Å². The van der Waals surface area contributed by atoms with Gasteiger partial charge in [-0.2, -0.15) is 5.53 Å². The number of rotatable bonds is 9. The molecule has 0 radical (unpaired) electrons. The molecule has 8 nitrogen and oxygen atoms in total. The Balaban J connectivity index is 3.01. The lowest BCUT2D eigenvalue weighted by Crippen LogP contribution is -2.42. The second kappa shape index (κ2) is 11.1. The van der Waals surface area contributed by atoms with Crippen LogP contribution in [0.3, 0.4) is 0 Å². The molecule has 0 aliphatic heterocycles. The van der Waals surface area contributed by atoms with Crippen molar-refractivity contribution in [1.29, 1.82) is 0 Å². The van der Waals surface area contributed by atoms with Gasteiger partial charge >= 0.3 is 6.09 Å². The van der Waals surface area contributed by atoms with Gasteiger partial charge in [-0.3, -0.25) is 5.84 Å². The lowest BCUT2D eigenvalue weighted by atomic mass is 10.7. The first kappa shape index (κ1) is 14.1. The number of carbonyl (C=O) groups excluding carboxylic acids is 1. The van der Waals surface area contributed by atoms with Crippen LogP contribution in [-0.2, 0) is 14.2 Å². The van der Waals surface area contributed by atoms with Crippen molar-refractivity contribution in [2.24, 2.45) is 11.6 Å². The first-order chi connectivity index (χ1) is 7.31. The van der Waals surface area contributed by atoms with Crippen molar-refractivity contribution in [3.05, 3.63) is 0 Å². The Hall–Kier alpha value is -0.930. The van der Waals surface area contributed by atoms with Gasteiger partial charge in [0.1, 0.15) is 6.61 Å². The number of nitrogens with two attached hydrogens (primary N) is 2. The summed E-state index contributed by atoms with van der Waals surface area (Å²) in [6.45, 7) is 2.40. The number of ether oxygens (including phenoxy) is 3. The van der Waals surface area contributed by atoms with Crippen molar-refractivity contribution in [2.75, 3.05) is 39.6 Å². The van der Waals surface area contributed by atoms with Crippen LogP contribution in [0.25, 0.3) is 0 Å². The second-order valence-electron chi connectivity index (χ2n) is 2.42. The van der Waals surface area contributed by atoms with Crippen LogP contribution in [0, 0.1) is 0 Å². The van der Waals surface area contributed by atoms with E-state index in [4.69, 9.17) is 21.1 Å². The standard InChI is InChI=1S/C7H18N4O4/c8-1-2-13-3-4-14-5-6-15-7(12)10-11-9/h11H,1-6,8-9H2,(H,10,12). The summed E-state index contributed by atoms with van der Waals surface area (Å²) in [5, 5.41) is 0. The van der Waals surface area contributed by atoms with Crippen molar-refractivity contribution >= 4 is 6.09 Å². The molecule has 1 amide bonds.